The summed E-state index contributed by atoms with van der Waals surface area (Å²) in [7, 11) is 1.36. The second kappa shape index (κ2) is 5.21. The average Bonchev–Trinajstić information content (AvgIpc) is 2.20. The first-order valence-electron chi connectivity index (χ1n) is 4.28. The number of nitrogens with zero attached hydrogens (tertiary/aromatic N) is 1. The summed E-state index contributed by atoms with van der Waals surface area (Å²) in [5, 5.41) is 0. The first kappa shape index (κ1) is 12.1. The van der Waals surface area contributed by atoms with Crippen LogP contribution in [0.1, 0.15) is 5.56 Å². The van der Waals surface area contributed by atoms with E-state index in [4.69, 9.17) is 0 Å². The minimum absolute atomic E-state index is 0.191. The number of alkyl halides is 2. The van der Waals surface area contributed by atoms with Crippen LogP contribution in [0.25, 0.3) is 0 Å². The summed E-state index contributed by atoms with van der Waals surface area (Å²) in [6.07, 6.45) is -2.94. The number of amides is 1. The van der Waals surface area contributed by atoms with Crippen molar-refractivity contribution in [2.24, 2.45) is 0 Å². The molecule has 1 aromatic carbocycles. The summed E-state index contributed by atoms with van der Waals surface area (Å²) in [6, 6.07) is 7.16. The zero-order chi connectivity index (χ0) is 11.4. The van der Waals surface area contributed by atoms with Gasteiger partial charge in [0, 0.05) is 18.1 Å². The van der Waals surface area contributed by atoms with Crippen molar-refractivity contribution in [3.8, 4) is 0 Å². The second-order valence-electron chi connectivity index (χ2n) is 3.12. The molecule has 0 aliphatic heterocycles. The molecular weight excluding hydrogens is 268 g/mol. The Balaban J connectivity index is 2.62. The van der Waals surface area contributed by atoms with Gasteiger partial charge >= 0.3 is 6.43 Å². The number of hydrogen-bond donors (Lipinski definition) is 0. The van der Waals surface area contributed by atoms with Crippen molar-refractivity contribution >= 4 is 21.8 Å². The molecule has 1 rings (SSSR count). The minimum Gasteiger partial charge on any atom is -0.336 e. The molecule has 0 radical (unpaired) electrons. The van der Waals surface area contributed by atoms with Crippen molar-refractivity contribution in [2.75, 3.05) is 7.05 Å². The van der Waals surface area contributed by atoms with Gasteiger partial charge in [-0.2, -0.15) is 8.78 Å². The molecule has 0 heterocycles. The van der Waals surface area contributed by atoms with E-state index in [-0.39, 0.29) is 6.54 Å². The van der Waals surface area contributed by atoms with Crippen LogP contribution in [0.2, 0.25) is 0 Å². The van der Waals surface area contributed by atoms with Crippen LogP contribution in [0.4, 0.5) is 8.78 Å². The van der Waals surface area contributed by atoms with E-state index >= 15 is 0 Å². The molecule has 0 spiro atoms. The Kier molecular flexibility index (Phi) is 4.20. The van der Waals surface area contributed by atoms with Crippen LogP contribution in [0.5, 0.6) is 0 Å². The molecule has 0 bridgehead atoms. The molecule has 0 atom stereocenters. The Hall–Kier alpha value is -0.970. The van der Waals surface area contributed by atoms with E-state index < -0.39 is 12.3 Å². The molecule has 1 aromatic rings. The van der Waals surface area contributed by atoms with Crippen molar-refractivity contribution in [3.63, 3.8) is 0 Å². The van der Waals surface area contributed by atoms with Gasteiger partial charge in [-0.05, 0) is 17.7 Å². The molecular formula is C10H10BrF2NO. The minimum atomic E-state index is -2.94. The van der Waals surface area contributed by atoms with Gasteiger partial charge in [0.25, 0.3) is 5.91 Å². The van der Waals surface area contributed by atoms with E-state index in [9.17, 15) is 13.6 Å². The van der Waals surface area contributed by atoms with Crippen LogP contribution >= 0.6 is 15.9 Å². The van der Waals surface area contributed by atoms with E-state index in [1.807, 2.05) is 0 Å². The smallest absolute Gasteiger partial charge is 0.315 e. The number of halogens is 3. The highest BCUT2D eigenvalue weighted by Gasteiger charge is 2.19. The third-order valence-corrected chi connectivity index (χ3v) is 2.42. The second-order valence-corrected chi connectivity index (χ2v) is 4.04. The topological polar surface area (TPSA) is 20.3 Å². The van der Waals surface area contributed by atoms with Gasteiger partial charge < -0.3 is 4.90 Å². The van der Waals surface area contributed by atoms with E-state index in [0.29, 0.717) is 0 Å². The molecule has 5 heteroatoms. The highest BCUT2D eigenvalue weighted by Crippen LogP contribution is 2.12. The average molecular weight is 278 g/mol. The lowest BCUT2D eigenvalue weighted by atomic mass is 10.2. The highest BCUT2D eigenvalue weighted by atomic mass is 79.9. The number of hydrogen-bond acceptors (Lipinski definition) is 1. The summed E-state index contributed by atoms with van der Waals surface area (Å²) >= 11 is 3.26. The third kappa shape index (κ3) is 3.58. The van der Waals surface area contributed by atoms with Crippen molar-refractivity contribution < 1.29 is 13.6 Å². The maximum Gasteiger partial charge on any atom is 0.315 e. The van der Waals surface area contributed by atoms with Gasteiger partial charge in [0.1, 0.15) is 0 Å². The molecule has 2 nitrogen and oxygen atoms in total. The normalized spacial score (nSPS) is 10.5. The van der Waals surface area contributed by atoms with Gasteiger partial charge in [-0.3, -0.25) is 4.79 Å². The molecule has 15 heavy (non-hydrogen) atoms. The monoisotopic (exact) mass is 277 g/mol. The van der Waals surface area contributed by atoms with Gasteiger partial charge in [0.05, 0.1) is 0 Å². The van der Waals surface area contributed by atoms with Crippen molar-refractivity contribution in [1.29, 1.82) is 0 Å². The SMILES string of the molecule is CN(Cc1ccc(Br)cc1)C(=O)C(F)F. The van der Waals surface area contributed by atoms with E-state index in [1.54, 1.807) is 24.3 Å². The summed E-state index contributed by atoms with van der Waals surface area (Å²) < 4.78 is 25.0. The molecule has 0 aliphatic carbocycles. The van der Waals surface area contributed by atoms with E-state index in [1.165, 1.54) is 7.05 Å². The summed E-state index contributed by atoms with van der Waals surface area (Å²) in [4.78, 5) is 11.9. The Morgan fingerprint density at radius 1 is 1.40 bits per heavy atom. The Morgan fingerprint density at radius 2 is 1.93 bits per heavy atom. The molecule has 82 valence electrons. The van der Waals surface area contributed by atoms with Crippen LogP contribution in [0, 0.1) is 0 Å². The van der Waals surface area contributed by atoms with Gasteiger partial charge in [-0.15, -0.1) is 0 Å². The molecule has 1 amide bonds. The molecule has 0 N–H and O–H groups in total. The van der Waals surface area contributed by atoms with Crippen molar-refractivity contribution in [3.05, 3.63) is 34.3 Å². The lowest BCUT2D eigenvalue weighted by Gasteiger charge is -2.16. The third-order valence-electron chi connectivity index (χ3n) is 1.90. The lowest BCUT2D eigenvalue weighted by molar-refractivity contribution is -0.141. The van der Waals surface area contributed by atoms with Gasteiger partial charge in [0.15, 0.2) is 0 Å². The first-order valence-corrected chi connectivity index (χ1v) is 5.07. The van der Waals surface area contributed by atoms with Crippen LogP contribution in [0.15, 0.2) is 28.7 Å². The standard InChI is InChI=1S/C10H10BrF2NO/c1-14(10(15)9(12)13)6-7-2-4-8(11)5-3-7/h2-5,9H,6H2,1H3. The molecule has 0 fully saturated rings. The molecule has 0 saturated carbocycles. The predicted octanol–water partition coefficient (Wildman–Crippen LogP) is 2.67. The first-order chi connectivity index (χ1) is 7.00. The maximum absolute atomic E-state index is 12.0. The number of rotatable bonds is 3. The fourth-order valence-corrected chi connectivity index (χ4v) is 1.37. The zero-order valence-electron chi connectivity index (χ0n) is 8.08. The van der Waals surface area contributed by atoms with Crippen LogP contribution in [0.3, 0.4) is 0 Å². The van der Waals surface area contributed by atoms with Crippen LogP contribution in [-0.2, 0) is 11.3 Å². The van der Waals surface area contributed by atoms with Gasteiger partial charge in [-0.25, -0.2) is 0 Å². The maximum atomic E-state index is 12.0. The summed E-state index contributed by atoms with van der Waals surface area (Å²) in [6.45, 7) is 0.191. The lowest BCUT2D eigenvalue weighted by Crippen LogP contribution is -2.31. The fraction of sp³-hybridized carbons (Fsp3) is 0.300. The van der Waals surface area contributed by atoms with Crippen LogP contribution < -0.4 is 0 Å². The molecule has 0 saturated heterocycles. The highest BCUT2D eigenvalue weighted by molar-refractivity contribution is 9.10. The Morgan fingerprint density at radius 3 is 2.40 bits per heavy atom. The fourth-order valence-electron chi connectivity index (χ4n) is 1.11. The molecule has 0 aromatic heterocycles. The molecule has 0 aliphatic rings. The van der Waals surface area contributed by atoms with E-state index in [2.05, 4.69) is 15.9 Å². The largest absolute Gasteiger partial charge is 0.336 e. The Bertz CT molecular complexity index is 340. The van der Waals surface area contributed by atoms with Gasteiger partial charge in [0.2, 0.25) is 0 Å². The van der Waals surface area contributed by atoms with Crippen LogP contribution in [-0.4, -0.2) is 24.3 Å². The number of benzene rings is 1. The van der Waals surface area contributed by atoms with Gasteiger partial charge in [-0.1, -0.05) is 28.1 Å². The van der Waals surface area contributed by atoms with Crippen molar-refractivity contribution in [2.45, 2.75) is 13.0 Å². The van der Waals surface area contributed by atoms with E-state index in [0.717, 1.165) is 14.9 Å². The summed E-state index contributed by atoms with van der Waals surface area (Å²) in [5.74, 6) is -1.15. The number of carbonyl (C=O) groups is 1. The molecule has 0 unspecified atom stereocenters. The zero-order valence-corrected chi connectivity index (χ0v) is 9.67. The quantitative estimate of drug-likeness (QED) is 0.832. The number of carbonyl (C=O) groups excluding carboxylic acids is 1. The summed E-state index contributed by atoms with van der Waals surface area (Å²) in [5.41, 5.74) is 0.815. The Labute approximate surface area is 95.0 Å². The predicted molar refractivity (Wildman–Crippen MR) is 56.6 cm³/mol. The van der Waals surface area contributed by atoms with Crippen molar-refractivity contribution in [1.82, 2.24) is 4.90 Å².